The van der Waals surface area contributed by atoms with Gasteiger partial charge < -0.3 is 10.2 Å². The number of pyridine rings is 1. The lowest BCUT2D eigenvalue weighted by molar-refractivity contribution is 0.511. The first-order valence-corrected chi connectivity index (χ1v) is 7.23. The Morgan fingerprint density at radius 3 is 2.33 bits per heavy atom. The van der Waals surface area contributed by atoms with Gasteiger partial charge in [-0.25, -0.2) is 13.8 Å². The molecule has 24 heavy (non-hydrogen) atoms. The fourth-order valence-electron chi connectivity index (χ4n) is 2.12. The van der Waals surface area contributed by atoms with Gasteiger partial charge >= 0.3 is 0 Å². The molecule has 0 fully saturated rings. The molecule has 0 aliphatic rings. The number of nitrogens with one attached hydrogen (secondary N) is 1. The molecule has 1 aromatic carbocycles. The number of hydrogen-bond acceptors (Lipinski definition) is 5. The van der Waals surface area contributed by atoms with Crippen LogP contribution in [0.3, 0.4) is 0 Å². The second-order valence-electron chi connectivity index (χ2n) is 5.33. The standard InChI is InChI=1S/C17H15F2N5/c1-24(2)16-9-8-15(22-23-16)21-14-7-6-11(10-20-14)12-4-3-5-13(18)17(12)19/h3-10H,1-2H3,(H,20,21,22). The Morgan fingerprint density at radius 1 is 0.917 bits per heavy atom. The summed E-state index contributed by atoms with van der Waals surface area (Å²) in [5.41, 5.74) is 0.663. The third-order valence-electron chi connectivity index (χ3n) is 3.39. The highest BCUT2D eigenvalue weighted by Crippen LogP contribution is 2.25. The van der Waals surface area contributed by atoms with Crippen molar-refractivity contribution in [1.82, 2.24) is 15.2 Å². The summed E-state index contributed by atoms with van der Waals surface area (Å²) < 4.78 is 27.1. The average molecular weight is 327 g/mol. The molecular formula is C17H15F2N5. The van der Waals surface area contributed by atoms with Crippen LogP contribution < -0.4 is 10.2 Å². The van der Waals surface area contributed by atoms with Crippen LogP contribution >= 0.6 is 0 Å². The van der Waals surface area contributed by atoms with Gasteiger partial charge in [-0.15, -0.1) is 10.2 Å². The highest BCUT2D eigenvalue weighted by molar-refractivity contribution is 5.65. The number of benzene rings is 1. The van der Waals surface area contributed by atoms with Gasteiger partial charge in [0, 0.05) is 31.4 Å². The Kier molecular flexibility index (Phi) is 4.33. The van der Waals surface area contributed by atoms with Gasteiger partial charge in [0.1, 0.15) is 5.82 Å². The van der Waals surface area contributed by atoms with Crippen molar-refractivity contribution in [1.29, 1.82) is 0 Å². The highest BCUT2D eigenvalue weighted by atomic mass is 19.2. The summed E-state index contributed by atoms with van der Waals surface area (Å²) in [4.78, 5) is 6.04. The SMILES string of the molecule is CN(C)c1ccc(Nc2ccc(-c3cccc(F)c3F)cn2)nn1. The molecule has 3 rings (SSSR count). The van der Waals surface area contributed by atoms with Gasteiger partial charge in [0.15, 0.2) is 23.3 Å². The number of anilines is 3. The van der Waals surface area contributed by atoms with E-state index in [2.05, 4.69) is 20.5 Å². The van der Waals surface area contributed by atoms with Crippen molar-refractivity contribution in [2.45, 2.75) is 0 Å². The van der Waals surface area contributed by atoms with Crippen molar-refractivity contribution >= 4 is 17.5 Å². The van der Waals surface area contributed by atoms with E-state index in [1.54, 1.807) is 18.2 Å². The third kappa shape index (κ3) is 3.29. The Hall–Kier alpha value is -3.09. The number of hydrogen-bond donors (Lipinski definition) is 1. The number of nitrogens with zero attached hydrogens (tertiary/aromatic N) is 4. The van der Waals surface area contributed by atoms with Crippen molar-refractivity contribution < 1.29 is 8.78 Å². The number of aromatic nitrogens is 3. The van der Waals surface area contributed by atoms with Crippen LogP contribution in [-0.2, 0) is 0 Å². The van der Waals surface area contributed by atoms with Crippen molar-refractivity contribution in [2.24, 2.45) is 0 Å². The summed E-state index contributed by atoms with van der Waals surface area (Å²) in [6.45, 7) is 0. The van der Waals surface area contributed by atoms with E-state index >= 15 is 0 Å². The minimum absolute atomic E-state index is 0.171. The van der Waals surface area contributed by atoms with Crippen LogP contribution in [0.2, 0.25) is 0 Å². The van der Waals surface area contributed by atoms with E-state index in [1.165, 1.54) is 18.3 Å². The smallest absolute Gasteiger partial charge is 0.166 e. The van der Waals surface area contributed by atoms with E-state index in [1.807, 2.05) is 25.1 Å². The van der Waals surface area contributed by atoms with Gasteiger partial charge in [-0.2, -0.15) is 0 Å². The van der Waals surface area contributed by atoms with E-state index in [0.717, 1.165) is 11.9 Å². The summed E-state index contributed by atoms with van der Waals surface area (Å²) in [7, 11) is 3.76. The normalized spacial score (nSPS) is 10.5. The molecule has 1 N–H and O–H groups in total. The quantitative estimate of drug-likeness (QED) is 0.793. The predicted molar refractivity (Wildman–Crippen MR) is 89.2 cm³/mol. The lowest BCUT2D eigenvalue weighted by Crippen LogP contribution is -2.11. The third-order valence-corrected chi connectivity index (χ3v) is 3.39. The van der Waals surface area contributed by atoms with Crippen LogP contribution in [0.25, 0.3) is 11.1 Å². The molecule has 0 unspecified atom stereocenters. The van der Waals surface area contributed by atoms with E-state index in [-0.39, 0.29) is 5.56 Å². The monoisotopic (exact) mass is 327 g/mol. The van der Waals surface area contributed by atoms with Crippen LogP contribution in [0, 0.1) is 11.6 Å². The van der Waals surface area contributed by atoms with E-state index in [9.17, 15) is 8.78 Å². The molecule has 0 atom stereocenters. The minimum atomic E-state index is -0.884. The maximum atomic E-state index is 13.8. The zero-order chi connectivity index (χ0) is 17.1. The molecular weight excluding hydrogens is 312 g/mol. The molecule has 2 aromatic heterocycles. The van der Waals surface area contributed by atoms with Gasteiger partial charge in [-0.05, 0) is 30.3 Å². The van der Waals surface area contributed by atoms with Crippen LogP contribution in [0.1, 0.15) is 0 Å². The second kappa shape index (κ2) is 6.57. The van der Waals surface area contributed by atoms with Crippen molar-refractivity contribution in [3.63, 3.8) is 0 Å². The molecule has 2 heterocycles. The minimum Gasteiger partial charge on any atom is -0.361 e. The lowest BCUT2D eigenvalue weighted by Gasteiger charge is -2.11. The summed E-state index contributed by atoms with van der Waals surface area (Å²) >= 11 is 0. The van der Waals surface area contributed by atoms with Gasteiger partial charge in [0.25, 0.3) is 0 Å². The summed E-state index contributed by atoms with van der Waals surface area (Å²) in [5.74, 6) is 0.0433. The van der Waals surface area contributed by atoms with Crippen LogP contribution in [0.15, 0.2) is 48.7 Å². The van der Waals surface area contributed by atoms with E-state index < -0.39 is 11.6 Å². The summed E-state index contributed by atoms with van der Waals surface area (Å²) in [6.07, 6.45) is 1.47. The first-order chi connectivity index (χ1) is 11.5. The Labute approximate surface area is 138 Å². The maximum Gasteiger partial charge on any atom is 0.166 e. The molecule has 0 amide bonds. The second-order valence-corrected chi connectivity index (χ2v) is 5.33. The molecule has 0 aliphatic carbocycles. The fraction of sp³-hybridized carbons (Fsp3) is 0.118. The molecule has 0 aliphatic heterocycles. The Bertz CT molecular complexity index is 833. The lowest BCUT2D eigenvalue weighted by atomic mass is 10.1. The van der Waals surface area contributed by atoms with E-state index in [4.69, 9.17) is 0 Å². The van der Waals surface area contributed by atoms with Crippen LogP contribution in [-0.4, -0.2) is 29.3 Å². The molecule has 5 nitrogen and oxygen atoms in total. The largest absolute Gasteiger partial charge is 0.361 e. The summed E-state index contributed by atoms with van der Waals surface area (Å²) in [5, 5.41) is 11.1. The van der Waals surface area contributed by atoms with Crippen molar-refractivity contribution in [3.8, 4) is 11.1 Å². The molecule has 0 saturated carbocycles. The molecule has 0 saturated heterocycles. The Morgan fingerprint density at radius 2 is 1.71 bits per heavy atom. The van der Waals surface area contributed by atoms with Gasteiger partial charge in [0.2, 0.25) is 0 Å². The number of rotatable bonds is 4. The molecule has 7 heteroatoms. The van der Waals surface area contributed by atoms with Gasteiger partial charge in [-0.1, -0.05) is 12.1 Å². The highest BCUT2D eigenvalue weighted by Gasteiger charge is 2.10. The summed E-state index contributed by atoms with van der Waals surface area (Å²) in [6, 6.07) is 11.0. The molecule has 0 radical (unpaired) electrons. The molecule has 3 aromatic rings. The Balaban J connectivity index is 1.78. The molecule has 0 spiro atoms. The van der Waals surface area contributed by atoms with Crippen molar-refractivity contribution in [2.75, 3.05) is 24.3 Å². The topological polar surface area (TPSA) is 53.9 Å². The molecule has 122 valence electrons. The zero-order valence-electron chi connectivity index (χ0n) is 13.2. The number of halogens is 2. The van der Waals surface area contributed by atoms with Gasteiger partial charge in [-0.3, -0.25) is 0 Å². The molecule has 0 bridgehead atoms. The van der Waals surface area contributed by atoms with Crippen LogP contribution in [0.4, 0.5) is 26.2 Å². The van der Waals surface area contributed by atoms with Crippen LogP contribution in [0.5, 0.6) is 0 Å². The first kappa shape index (κ1) is 15.8. The zero-order valence-corrected chi connectivity index (χ0v) is 13.2. The predicted octanol–water partition coefficient (Wildman–Crippen LogP) is 3.63. The fourth-order valence-corrected chi connectivity index (χ4v) is 2.12. The van der Waals surface area contributed by atoms with Gasteiger partial charge in [0.05, 0.1) is 0 Å². The van der Waals surface area contributed by atoms with Crippen molar-refractivity contribution in [3.05, 3.63) is 60.3 Å². The first-order valence-electron chi connectivity index (χ1n) is 7.23. The maximum absolute atomic E-state index is 13.8. The van der Waals surface area contributed by atoms with E-state index in [0.29, 0.717) is 17.2 Å². The average Bonchev–Trinajstić information content (AvgIpc) is 2.59.